The predicted octanol–water partition coefficient (Wildman–Crippen LogP) is 6.08. The van der Waals surface area contributed by atoms with Crippen molar-refractivity contribution in [1.29, 1.82) is 0 Å². The second-order valence-electron chi connectivity index (χ2n) is 9.03. The normalized spacial score (nSPS) is 14.6. The minimum atomic E-state index is -0.0542. The molecule has 0 spiro atoms. The number of aryl methyl sites for hydroxylation is 1. The molecule has 1 atom stereocenters. The van der Waals surface area contributed by atoms with Gasteiger partial charge < -0.3 is 15.4 Å². The Hall–Kier alpha value is -4.45. The number of benzene rings is 3. The van der Waals surface area contributed by atoms with Gasteiger partial charge in [0.25, 0.3) is 5.91 Å². The van der Waals surface area contributed by atoms with Crippen molar-refractivity contribution in [3.8, 4) is 17.0 Å². The van der Waals surface area contributed by atoms with Gasteiger partial charge in [-0.2, -0.15) is 0 Å². The van der Waals surface area contributed by atoms with Gasteiger partial charge in [0.2, 0.25) is 5.88 Å². The number of pyridine rings is 1. The quantitative estimate of drug-likeness (QED) is 0.178. The standard InChI is InChI=1S/C31H30N4O2/c1-22(32-19-20-37-30-9-5-6-18-33-30)34-27-16-14-25-15-17-29(28(25)21-27)35-31(36)26-12-10-24(11-13-26)23-7-3-2-4-8-23/h2-14,16,18,21,29H,15,17,19-20H2,1H3,(H,32,34)(H,35,36). The second kappa shape index (κ2) is 11.5. The number of fused-ring (bicyclic) bond motifs is 1. The lowest BCUT2D eigenvalue weighted by atomic mass is 10.0. The lowest BCUT2D eigenvalue weighted by Crippen LogP contribution is -2.27. The van der Waals surface area contributed by atoms with Gasteiger partial charge in [-0.15, -0.1) is 0 Å². The first-order chi connectivity index (χ1) is 18.2. The summed E-state index contributed by atoms with van der Waals surface area (Å²) in [5.41, 5.74) is 6.29. The summed E-state index contributed by atoms with van der Waals surface area (Å²) in [4.78, 5) is 21.7. The summed E-state index contributed by atoms with van der Waals surface area (Å²) < 4.78 is 5.60. The molecule has 0 radical (unpaired) electrons. The molecule has 1 unspecified atom stereocenters. The van der Waals surface area contributed by atoms with Crippen molar-refractivity contribution < 1.29 is 9.53 Å². The molecule has 6 nitrogen and oxygen atoms in total. The minimum absolute atomic E-state index is 0.0120. The van der Waals surface area contributed by atoms with Crippen LogP contribution in [0.5, 0.6) is 5.88 Å². The molecule has 0 saturated carbocycles. The Kier molecular flexibility index (Phi) is 7.55. The summed E-state index contributed by atoms with van der Waals surface area (Å²) in [6.07, 6.45) is 3.55. The fraction of sp³-hybridized carbons (Fsp3) is 0.194. The maximum atomic E-state index is 13.0. The Balaban J connectivity index is 1.18. The summed E-state index contributed by atoms with van der Waals surface area (Å²) >= 11 is 0. The largest absolute Gasteiger partial charge is 0.476 e. The van der Waals surface area contributed by atoms with Gasteiger partial charge in [0.15, 0.2) is 0 Å². The van der Waals surface area contributed by atoms with Gasteiger partial charge in [0.05, 0.1) is 18.4 Å². The van der Waals surface area contributed by atoms with Crippen molar-refractivity contribution >= 4 is 17.4 Å². The van der Waals surface area contributed by atoms with Crippen molar-refractivity contribution in [3.05, 3.63) is 114 Å². The fourth-order valence-corrected chi connectivity index (χ4v) is 4.56. The van der Waals surface area contributed by atoms with Crippen LogP contribution in [0.25, 0.3) is 11.1 Å². The van der Waals surface area contributed by atoms with Crippen LogP contribution in [-0.4, -0.2) is 29.9 Å². The monoisotopic (exact) mass is 490 g/mol. The Morgan fingerprint density at radius 1 is 0.973 bits per heavy atom. The highest BCUT2D eigenvalue weighted by molar-refractivity contribution is 5.95. The van der Waals surface area contributed by atoms with Gasteiger partial charge in [-0.05, 0) is 72.4 Å². The number of carbonyl (C=O) groups excluding carboxylic acids is 1. The van der Waals surface area contributed by atoms with Crippen LogP contribution in [0.4, 0.5) is 5.69 Å². The fourth-order valence-electron chi connectivity index (χ4n) is 4.56. The van der Waals surface area contributed by atoms with Crippen molar-refractivity contribution in [3.63, 3.8) is 0 Å². The Morgan fingerprint density at radius 2 is 1.76 bits per heavy atom. The number of carbonyl (C=O) groups is 1. The molecule has 186 valence electrons. The van der Waals surface area contributed by atoms with E-state index in [4.69, 9.17) is 4.74 Å². The number of aliphatic imine (C=N–C) groups is 1. The van der Waals surface area contributed by atoms with Gasteiger partial charge in [-0.1, -0.05) is 54.6 Å². The second-order valence-corrected chi connectivity index (χ2v) is 9.03. The highest BCUT2D eigenvalue weighted by Gasteiger charge is 2.24. The van der Waals surface area contributed by atoms with E-state index in [2.05, 4.69) is 50.9 Å². The number of nitrogens with zero attached hydrogens (tertiary/aromatic N) is 2. The van der Waals surface area contributed by atoms with E-state index < -0.39 is 0 Å². The zero-order chi connectivity index (χ0) is 25.5. The molecule has 1 aliphatic carbocycles. The summed E-state index contributed by atoms with van der Waals surface area (Å²) in [5, 5.41) is 6.59. The molecular weight excluding hydrogens is 460 g/mol. The van der Waals surface area contributed by atoms with Gasteiger partial charge in [-0.3, -0.25) is 9.79 Å². The minimum Gasteiger partial charge on any atom is -0.476 e. The topological polar surface area (TPSA) is 75.6 Å². The number of nitrogens with one attached hydrogen (secondary N) is 2. The molecule has 4 aromatic rings. The molecule has 2 N–H and O–H groups in total. The molecule has 6 heteroatoms. The van der Waals surface area contributed by atoms with E-state index in [0.717, 1.165) is 41.1 Å². The van der Waals surface area contributed by atoms with Gasteiger partial charge in [-0.25, -0.2) is 4.98 Å². The van der Waals surface area contributed by atoms with Crippen LogP contribution in [0.2, 0.25) is 0 Å². The van der Waals surface area contributed by atoms with E-state index in [0.29, 0.717) is 24.6 Å². The lowest BCUT2D eigenvalue weighted by Gasteiger charge is -2.16. The maximum Gasteiger partial charge on any atom is 0.251 e. The van der Waals surface area contributed by atoms with Gasteiger partial charge in [0.1, 0.15) is 6.61 Å². The third-order valence-corrected chi connectivity index (χ3v) is 6.44. The lowest BCUT2D eigenvalue weighted by molar-refractivity contribution is 0.0936. The molecule has 0 fully saturated rings. The van der Waals surface area contributed by atoms with Gasteiger partial charge in [0, 0.05) is 23.5 Å². The van der Waals surface area contributed by atoms with Crippen molar-refractivity contribution in [1.82, 2.24) is 10.3 Å². The number of rotatable bonds is 8. The van der Waals surface area contributed by atoms with E-state index in [9.17, 15) is 4.79 Å². The molecular formula is C31H30N4O2. The van der Waals surface area contributed by atoms with Crippen LogP contribution >= 0.6 is 0 Å². The average Bonchev–Trinajstić information content (AvgIpc) is 3.34. The molecule has 37 heavy (non-hydrogen) atoms. The summed E-state index contributed by atoms with van der Waals surface area (Å²) in [7, 11) is 0. The zero-order valence-electron chi connectivity index (χ0n) is 20.9. The van der Waals surface area contributed by atoms with E-state index in [1.54, 1.807) is 6.20 Å². The van der Waals surface area contributed by atoms with E-state index in [1.165, 1.54) is 5.56 Å². The van der Waals surface area contributed by atoms with Crippen molar-refractivity contribution in [2.24, 2.45) is 4.99 Å². The van der Waals surface area contributed by atoms with Crippen molar-refractivity contribution in [2.75, 3.05) is 18.5 Å². The van der Waals surface area contributed by atoms with Crippen LogP contribution in [-0.2, 0) is 6.42 Å². The first kappa shape index (κ1) is 24.3. The third kappa shape index (κ3) is 6.22. The molecule has 0 aliphatic heterocycles. The highest BCUT2D eigenvalue weighted by Crippen LogP contribution is 2.33. The molecule has 5 rings (SSSR count). The van der Waals surface area contributed by atoms with E-state index in [1.807, 2.05) is 67.6 Å². The third-order valence-electron chi connectivity index (χ3n) is 6.44. The highest BCUT2D eigenvalue weighted by atomic mass is 16.5. The Labute approximate surface area is 217 Å². The van der Waals surface area contributed by atoms with Crippen molar-refractivity contribution in [2.45, 2.75) is 25.8 Å². The maximum absolute atomic E-state index is 13.0. The number of amidine groups is 1. The molecule has 0 saturated heterocycles. The number of hydrogen-bond acceptors (Lipinski definition) is 4. The van der Waals surface area contributed by atoms with Crippen LogP contribution in [0.3, 0.4) is 0 Å². The first-order valence-corrected chi connectivity index (χ1v) is 12.6. The molecule has 1 heterocycles. The smallest absolute Gasteiger partial charge is 0.251 e. The number of ether oxygens (including phenoxy) is 1. The SMILES string of the molecule is CC(=NCCOc1ccccn1)Nc1ccc2c(c1)C(NC(=O)c1ccc(-c3ccccc3)cc1)CC2. The van der Waals surface area contributed by atoms with Gasteiger partial charge >= 0.3 is 0 Å². The number of amides is 1. The molecule has 1 amide bonds. The summed E-state index contributed by atoms with van der Waals surface area (Å²) in [6, 6.07) is 29.8. The van der Waals surface area contributed by atoms with Crippen LogP contribution in [0.1, 0.15) is 40.9 Å². The molecule has 1 aliphatic rings. The van der Waals surface area contributed by atoms with E-state index >= 15 is 0 Å². The number of anilines is 1. The number of hydrogen-bond donors (Lipinski definition) is 2. The van der Waals surface area contributed by atoms with Crippen LogP contribution in [0, 0.1) is 0 Å². The summed E-state index contributed by atoms with van der Waals surface area (Å²) in [5.74, 6) is 1.35. The number of aromatic nitrogens is 1. The summed E-state index contributed by atoms with van der Waals surface area (Å²) in [6.45, 7) is 2.93. The Bertz CT molecular complexity index is 1370. The van der Waals surface area contributed by atoms with Crippen LogP contribution in [0.15, 0.2) is 102 Å². The van der Waals surface area contributed by atoms with Crippen LogP contribution < -0.4 is 15.4 Å². The average molecular weight is 491 g/mol. The molecule has 1 aromatic heterocycles. The Morgan fingerprint density at radius 3 is 2.54 bits per heavy atom. The molecule has 3 aromatic carbocycles. The molecule has 0 bridgehead atoms. The van der Waals surface area contributed by atoms with E-state index in [-0.39, 0.29) is 11.9 Å². The predicted molar refractivity (Wildman–Crippen MR) is 148 cm³/mol. The first-order valence-electron chi connectivity index (χ1n) is 12.6. The zero-order valence-corrected chi connectivity index (χ0v) is 20.9.